The van der Waals surface area contributed by atoms with E-state index >= 15 is 0 Å². The monoisotopic (exact) mass is 223 g/mol. The summed E-state index contributed by atoms with van der Waals surface area (Å²) in [7, 11) is 0. The van der Waals surface area contributed by atoms with Crippen molar-refractivity contribution in [2.45, 2.75) is 20.4 Å². The summed E-state index contributed by atoms with van der Waals surface area (Å²) in [4.78, 5) is 21.2. The Balaban J connectivity index is 3.00. The first-order valence-corrected chi connectivity index (χ1v) is 4.33. The third kappa shape index (κ3) is 2.14. The van der Waals surface area contributed by atoms with E-state index in [-0.39, 0.29) is 23.6 Å². The molecule has 16 heavy (non-hydrogen) atoms. The fraction of sp³-hybridized carbons (Fsp3) is 0.375. The third-order valence-electron chi connectivity index (χ3n) is 2.01. The third-order valence-corrected chi connectivity index (χ3v) is 2.01. The van der Waals surface area contributed by atoms with Gasteiger partial charge in [-0.3, -0.25) is 24.9 Å². The highest BCUT2D eigenvalue weighted by Gasteiger charge is 2.22. The van der Waals surface area contributed by atoms with Crippen molar-refractivity contribution in [2.75, 3.05) is 0 Å². The molecule has 1 aromatic rings. The van der Waals surface area contributed by atoms with Crippen LogP contribution in [0.25, 0.3) is 0 Å². The van der Waals surface area contributed by atoms with Gasteiger partial charge in [0.25, 0.3) is 5.91 Å². The van der Waals surface area contributed by atoms with Crippen LogP contribution < -0.4 is 5.32 Å². The fourth-order valence-corrected chi connectivity index (χ4v) is 1.34. The average molecular weight is 223 g/mol. The van der Waals surface area contributed by atoms with Crippen LogP contribution in [0.4, 0.5) is 5.69 Å². The summed E-state index contributed by atoms with van der Waals surface area (Å²) in [6.45, 7) is 2.77. The molecule has 1 aromatic heterocycles. The minimum absolute atomic E-state index is 0.107. The Labute approximate surface area is 90.6 Å². The highest BCUT2D eigenvalue weighted by atomic mass is 16.6. The van der Waals surface area contributed by atoms with E-state index in [9.17, 15) is 14.9 Å². The normalized spacial score (nSPS) is 9.56. The number of hydrogen-bond donors (Lipinski definition) is 1. The molecule has 0 saturated heterocycles. The molecule has 0 radical (unpaired) electrons. The molecule has 0 aromatic carbocycles. The number of nitrogens with one attached hydrogen (secondary N) is 1. The first-order valence-electron chi connectivity index (χ1n) is 4.33. The van der Waals surface area contributed by atoms with Gasteiger partial charge in [0, 0.05) is 0 Å². The standard InChI is InChI=1S/C8H9N5O3/c1-5-8(13(15)16)6(2)12(11-5)3-7(14)10-4-9/h3H2,1-2H3,(H,10,14). The van der Waals surface area contributed by atoms with Crippen molar-refractivity contribution >= 4 is 11.6 Å². The molecule has 1 rings (SSSR count). The summed E-state index contributed by atoms with van der Waals surface area (Å²) in [5.41, 5.74) is 0.424. The van der Waals surface area contributed by atoms with Crippen LogP contribution in [0, 0.1) is 35.4 Å². The van der Waals surface area contributed by atoms with E-state index < -0.39 is 10.8 Å². The summed E-state index contributed by atoms with van der Waals surface area (Å²) in [6, 6.07) is 0. The molecule has 8 heteroatoms. The molecule has 0 spiro atoms. The number of amides is 1. The molecule has 1 heterocycles. The van der Waals surface area contributed by atoms with Crippen LogP contribution in [0.5, 0.6) is 0 Å². The van der Waals surface area contributed by atoms with Gasteiger partial charge in [0.2, 0.25) is 0 Å². The predicted molar refractivity (Wildman–Crippen MR) is 52.1 cm³/mol. The zero-order valence-corrected chi connectivity index (χ0v) is 8.72. The number of nitriles is 1. The van der Waals surface area contributed by atoms with Gasteiger partial charge in [-0.1, -0.05) is 0 Å². The van der Waals surface area contributed by atoms with Gasteiger partial charge in [-0.2, -0.15) is 10.4 Å². The van der Waals surface area contributed by atoms with E-state index in [2.05, 4.69) is 5.10 Å². The molecule has 0 bridgehead atoms. The average Bonchev–Trinajstić information content (AvgIpc) is 2.42. The van der Waals surface area contributed by atoms with Gasteiger partial charge in [0.05, 0.1) is 4.92 Å². The van der Waals surface area contributed by atoms with Gasteiger partial charge in [0.15, 0.2) is 6.19 Å². The molecule has 0 fully saturated rings. The molecule has 84 valence electrons. The number of rotatable bonds is 3. The van der Waals surface area contributed by atoms with Gasteiger partial charge >= 0.3 is 5.69 Å². The lowest BCUT2D eigenvalue weighted by Gasteiger charge is -2.00. The van der Waals surface area contributed by atoms with Crippen LogP contribution in [0.2, 0.25) is 0 Å². The molecular formula is C8H9N5O3. The van der Waals surface area contributed by atoms with Crippen molar-refractivity contribution < 1.29 is 9.72 Å². The lowest BCUT2D eigenvalue weighted by molar-refractivity contribution is -0.386. The van der Waals surface area contributed by atoms with Gasteiger partial charge in [0.1, 0.15) is 17.9 Å². The number of hydrogen-bond acceptors (Lipinski definition) is 5. The number of aromatic nitrogens is 2. The van der Waals surface area contributed by atoms with Crippen molar-refractivity contribution in [3.05, 3.63) is 21.5 Å². The first kappa shape index (κ1) is 11.6. The number of carbonyl (C=O) groups excluding carboxylic acids is 1. The molecule has 1 amide bonds. The smallest absolute Gasteiger partial charge is 0.272 e. The Morgan fingerprint density at radius 3 is 2.75 bits per heavy atom. The van der Waals surface area contributed by atoms with E-state index in [0.717, 1.165) is 0 Å². The van der Waals surface area contributed by atoms with E-state index in [1.807, 2.05) is 5.32 Å². The predicted octanol–water partition coefficient (Wildman–Crippen LogP) is 0.00542. The van der Waals surface area contributed by atoms with Gasteiger partial charge in [-0.15, -0.1) is 0 Å². The molecule has 0 atom stereocenters. The Bertz CT molecular complexity index is 485. The second-order valence-corrected chi connectivity index (χ2v) is 3.09. The minimum Gasteiger partial charge on any atom is -0.272 e. The highest BCUT2D eigenvalue weighted by molar-refractivity contribution is 5.77. The maximum Gasteiger partial charge on any atom is 0.312 e. The minimum atomic E-state index is -0.567. The number of aryl methyl sites for hydroxylation is 1. The van der Waals surface area contributed by atoms with Crippen LogP contribution in [0.1, 0.15) is 11.4 Å². The van der Waals surface area contributed by atoms with Crippen LogP contribution >= 0.6 is 0 Å². The Morgan fingerprint density at radius 2 is 2.31 bits per heavy atom. The summed E-state index contributed by atoms with van der Waals surface area (Å²) in [5, 5.41) is 24.7. The lowest BCUT2D eigenvalue weighted by Crippen LogP contribution is -2.24. The van der Waals surface area contributed by atoms with Crippen molar-refractivity contribution in [1.82, 2.24) is 15.1 Å². The second kappa shape index (κ2) is 4.39. The molecule has 0 aliphatic rings. The van der Waals surface area contributed by atoms with E-state index in [1.54, 1.807) is 0 Å². The lowest BCUT2D eigenvalue weighted by atomic mass is 10.3. The van der Waals surface area contributed by atoms with Gasteiger partial charge in [-0.05, 0) is 13.8 Å². The molecule has 8 nitrogen and oxygen atoms in total. The molecular weight excluding hydrogens is 214 g/mol. The fourth-order valence-electron chi connectivity index (χ4n) is 1.34. The van der Waals surface area contributed by atoms with Crippen LogP contribution in [-0.2, 0) is 11.3 Å². The number of nitrogens with zero attached hydrogens (tertiary/aromatic N) is 4. The summed E-state index contributed by atoms with van der Waals surface area (Å²) in [6.07, 6.45) is 1.48. The van der Waals surface area contributed by atoms with Crippen LogP contribution in [0.3, 0.4) is 0 Å². The maximum atomic E-state index is 11.1. The van der Waals surface area contributed by atoms with Crippen molar-refractivity contribution in [3.63, 3.8) is 0 Å². The van der Waals surface area contributed by atoms with Crippen molar-refractivity contribution in [2.24, 2.45) is 0 Å². The second-order valence-electron chi connectivity index (χ2n) is 3.09. The Kier molecular flexibility index (Phi) is 3.20. The Hall–Kier alpha value is -2.43. The van der Waals surface area contributed by atoms with E-state index in [1.165, 1.54) is 24.7 Å². The largest absolute Gasteiger partial charge is 0.312 e. The quantitative estimate of drug-likeness (QED) is 0.335. The van der Waals surface area contributed by atoms with Crippen LogP contribution in [-0.4, -0.2) is 20.6 Å². The Morgan fingerprint density at radius 1 is 1.69 bits per heavy atom. The molecule has 0 saturated carbocycles. The van der Waals surface area contributed by atoms with E-state index in [0.29, 0.717) is 0 Å². The summed E-state index contributed by atoms with van der Waals surface area (Å²) >= 11 is 0. The highest BCUT2D eigenvalue weighted by Crippen LogP contribution is 2.21. The molecule has 1 N–H and O–H groups in total. The summed E-state index contributed by atoms with van der Waals surface area (Å²) < 4.78 is 1.19. The maximum absolute atomic E-state index is 11.1. The van der Waals surface area contributed by atoms with Crippen molar-refractivity contribution in [1.29, 1.82) is 5.26 Å². The first-order chi connectivity index (χ1) is 7.47. The molecule has 0 aliphatic heterocycles. The van der Waals surface area contributed by atoms with Crippen molar-refractivity contribution in [3.8, 4) is 6.19 Å². The summed E-state index contributed by atoms with van der Waals surface area (Å²) in [5.74, 6) is -0.567. The van der Waals surface area contributed by atoms with Gasteiger partial charge in [-0.25, -0.2) is 0 Å². The van der Waals surface area contributed by atoms with E-state index in [4.69, 9.17) is 5.26 Å². The number of carbonyl (C=O) groups is 1. The zero-order chi connectivity index (χ0) is 12.3. The molecule has 0 unspecified atom stereocenters. The van der Waals surface area contributed by atoms with Gasteiger partial charge < -0.3 is 0 Å². The SMILES string of the molecule is Cc1nn(CC(=O)NC#N)c(C)c1[N+](=O)[O-]. The molecule has 0 aliphatic carbocycles. The topological polar surface area (TPSA) is 114 Å². The van der Waals surface area contributed by atoms with Crippen LogP contribution in [0.15, 0.2) is 0 Å². The number of nitro groups is 1. The zero-order valence-electron chi connectivity index (χ0n) is 8.72.